The predicted molar refractivity (Wildman–Crippen MR) is 111 cm³/mol. The van der Waals surface area contributed by atoms with Gasteiger partial charge in [0, 0.05) is 17.5 Å². The summed E-state index contributed by atoms with van der Waals surface area (Å²) < 4.78 is 0. The summed E-state index contributed by atoms with van der Waals surface area (Å²) in [6, 6.07) is 16.8. The van der Waals surface area contributed by atoms with Crippen LogP contribution < -0.4 is 5.32 Å². The Kier molecular flexibility index (Phi) is 8.76. The molecule has 3 heteroatoms. The third-order valence-electron chi connectivity index (χ3n) is 4.87. The molecule has 0 aliphatic rings. The molecule has 0 saturated heterocycles. The number of Topliss-reactive ketones (excluding diaryl/α,β-unsaturated/α-hetero) is 1. The Morgan fingerprint density at radius 3 is 2.07 bits per heavy atom. The van der Waals surface area contributed by atoms with Crippen LogP contribution in [0.4, 0.5) is 0 Å². The van der Waals surface area contributed by atoms with E-state index in [9.17, 15) is 9.59 Å². The summed E-state index contributed by atoms with van der Waals surface area (Å²) in [6.45, 7) is 4.17. The van der Waals surface area contributed by atoms with Crippen LogP contribution in [0.15, 0.2) is 54.6 Å². The number of carbonyl (C=O) groups excluding carboxylic acids is 2. The molecule has 27 heavy (non-hydrogen) atoms. The molecule has 0 heterocycles. The molecule has 0 radical (unpaired) electrons. The normalized spacial score (nSPS) is 11.8. The molecule has 1 N–H and O–H groups in total. The van der Waals surface area contributed by atoms with E-state index in [0.717, 1.165) is 18.4 Å². The zero-order chi connectivity index (χ0) is 19.5. The minimum atomic E-state index is -0.124. The van der Waals surface area contributed by atoms with Gasteiger partial charge in [0.05, 0.1) is 6.04 Å². The molecule has 0 aliphatic heterocycles. The molecule has 0 aromatic heterocycles. The standard InChI is InChI=1S/C24H31NO2/c1-3-4-5-6-7-11-14-23(26)21-15-17-22(18-16-21)24(27)25-19(2)20-12-9-8-10-13-20/h8-10,12-13,15-19H,3-7,11,14H2,1-2H3,(H,25,27)/t19-/m0/s1. The minimum Gasteiger partial charge on any atom is -0.346 e. The van der Waals surface area contributed by atoms with Gasteiger partial charge in [-0.2, -0.15) is 0 Å². The van der Waals surface area contributed by atoms with E-state index in [4.69, 9.17) is 0 Å². The first kappa shape index (κ1) is 20.9. The summed E-state index contributed by atoms with van der Waals surface area (Å²) in [5.41, 5.74) is 2.33. The number of hydrogen-bond donors (Lipinski definition) is 1. The van der Waals surface area contributed by atoms with Crippen molar-refractivity contribution in [3.05, 3.63) is 71.3 Å². The number of unbranched alkanes of at least 4 members (excludes halogenated alkanes) is 5. The third kappa shape index (κ3) is 7.01. The van der Waals surface area contributed by atoms with Crippen LogP contribution in [0.2, 0.25) is 0 Å². The van der Waals surface area contributed by atoms with Crippen molar-refractivity contribution in [3.63, 3.8) is 0 Å². The maximum atomic E-state index is 12.4. The molecule has 0 bridgehead atoms. The van der Waals surface area contributed by atoms with Gasteiger partial charge in [-0.05, 0) is 31.0 Å². The number of amides is 1. The van der Waals surface area contributed by atoms with E-state index in [2.05, 4.69) is 12.2 Å². The Morgan fingerprint density at radius 2 is 1.41 bits per heavy atom. The fourth-order valence-corrected chi connectivity index (χ4v) is 3.12. The van der Waals surface area contributed by atoms with Crippen LogP contribution in [0, 0.1) is 0 Å². The van der Waals surface area contributed by atoms with Crippen LogP contribution in [-0.2, 0) is 0 Å². The average Bonchev–Trinajstić information content (AvgIpc) is 2.71. The predicted octanol–water partition coefficient (Wildman–Crippen LogP) is 6.11. The Hall–Kier alpha value is -2.42. The molecule has 1 atom stereocenters. The van der Waals surface area contributed by atoms with E-state index in [1.54, 1.807) is 24.3 Å². The molecular weight excluding hydrogens is 334 g/mol. The van der Waals surface area contributed by atoms with Crippen LogP contribution in [-0.4, -0.2) is 11.7 Å². The van der Waals surface area contributed by atoms with E-state index in [-0.39, 0.29) is 17.7 Å². The highest BCUT2D eigenvalue weighted by Crippen LogP contribution is 2.14. The van der Waals surface area contributed by atoms with Crippen molar-refractivity contribution >= 4 is 11.7 Å². The van der Waals surface area contributed by atoms with E-state index in [1.807, 2.05) is 37.3 Å². The fourth-order valence-electron chi connectivity index (χ4n) is 3.12. The van der Waals surface area contributed by atoms with E-state index >= 15 is 0 Å². The van der Waals surface area contributed by atoms with E-state index in [0.29, 0.717) is 17.5 Å². The van der Waals surface area contributed by atoms with Gasteiger partial charge in [0.15, 0.2) is 5.78 Å². The number of carbonyl (C=O) groups is 2. The number of rotatable bonds is 11. The summed E-state index contributed by atoms with van der Waals surface area (Å²) >= 11 is 0. The number of nitrogens with one attached hydrogen (secondary N) is 1. The van der Waals surface area contributed by atoms with Gasteiger partial charge < -0.3 is 5.32 Å². The third-order valence-corrected chi connectivity index (χ3v) is 4.87. The first-order chi connectivity index (χ1) is 13.1. The molecular formula is C24H31NO2. The Morgan fingerprint density at radius 1 is 0.815 bits per heavy atom. The van der Waals surface area contributed by atoms with Crippen molar-refractivity contribution < 1.29 is 9.59 Å². The van der Waals surface area contributed by atoms with Gasteiger partial charge in [0.25, 0.3) is 5.91 Å². The maximum Gasteiger partial charge on any atom is 0.251 e. The highest BCUT2D eigenvalue weighted by atomic mass is 16.1. The van der Waals surface area contributed by atoms with Gasteiger partial charge in [-0.15, -0.1) is 0 Å². The first-order valence-electron chi connectivity index (χ1n) is 10.1. The summed E-state index contributed by atoms with van der Waals surface area (Å²) in [6.07, 6.45) is 7.63. The fraction of sp³-hybridized carbons (Fsp3) is 0.417. The molecule has 144 valence electrons. The second-order valence-electron chi connectivity index (χ2n) is 7.12. The number of ketones is 1. The summed E-state index contributed by atoms with van der Waals surface area (Å²) in [5.74, 6) is 0.0383. The lowest BCUT2D eigenvalue weighted by molar-refractivity contribution is 0.0936. The first-order valence-corrected chi connectivity index (χ1v) is 10.1. The van der Waals surface area contributed by atoms with Crippen molar-refractivity contribution in [2.75, 3.05) is 0 Å². The van der Waals surface area contributed by atoms with Gasteiger partial charge >= 0.3 is 0 Å². The van der Waals surface area contributed by atoms with Crippen molar-refractivity contribution in [2.45, 2.75) is 64.8 Å². The zero-order valence-corrected chi connectivity index (χ0v) is 16.5. The van der Waals surface area contributed by atoms with Gasteiger partial charge in [0.1, 0.15) is 0 Å². The summed E-state index contributed by atoms with van der Waals surface area (Å²) in [5, 5.41) is 3.00. The maximum absolute atomic E-state index is 12.4. The van der Waals surface area contributed by atoms with Gasteiger partial charge in [0.2, 0.25) is 0 Å². The van der Waals surface area contributed by atoms with Crippen LogP contribution in [0.5, 0.6) is 0 Å². The molecule has 0 aliphatic carbocycles. The topological polar surface area (TPSA) is 46.2 Å². The monoisotopic (exact) mass is 365 g/mol. The second-order valence-corrected chi connectivity index (χ2v) is 7.12. The molecule has 0 unspecified atom stereocenters. The van der Waals surface area contributed by atoms with E-state index in [1.165, 1.54) is 25.7 Å². The molecule has 2 rings (SSSR count). The smallest absolute Gasteiger partial charge is 0.251 e. The van der Waals surface area contributed by atoms with Crippen molar-refractivity contribution in [1.82, 2.24) is 5.32 Å². The molecule has 2 aromatic carbocycles. The lowest BCUT2D eigenvalue weighted by Gasteiger charge is -2.14. The van der Waals surface area contributed by atoms with Crippen molar-refractivity contribution in [2.24, 2.45) is 0 Å². The summed E-state index contributed by atoms with van der Waals surface area (Å²) in [7, 11) is 0. The van der Waals surface area contributed by atoms with Crippen molar-refractivity contribution in [1.29, 1.82) is 0 Å². The Labute approximate surface area is 163 Å². The lowest BCUT2D eigenvalue weighted by Crippen LogP contribution is -2.26. The molecule has 1 amide bonds. The zero-order valence-electron chi connectivity index (χ0n) is 16.5. The molecule has 0 fully saturated rings. The number of hydrogen-bond acceptors (Lipinski definition) is 2. The minimum absolute atomic E-state index is 0.0623. The van der Waals surface area contributed by atoms with E-state index < -0.39 is 0 Å². The van der Waals surface area contributed by atoms with Crippen LogP contribution in [0.3, 0.4) is 0 Å². The largest absolute Gasteiger partial charge is 0.346 e. The van der Waals surface area contributed by atoms with Gasteiger partial charge in [-0.3, -0.25) is 9.59 Å². The van der Waals surface area contributed by atoms with Gasteiger partial charge in [-0.1, -0.05) is 81.5 Å². The Bertz CT molecular complexity index is 707. The molecule has 3 nitrogen and oxygen atoms in total. The second kappa shape index (κ2) is 11.3. The Balaban J connectivity index is 1.81. The quantitative estimate of drug-likeness (QED) is 0.386. The van der Waals surface area contributed by atoms with Crippen LogP contribution >= 0.6 is 0 Å². The SMILES string of the molecule is CCCCCCCCC(=O)c1ccc(C(=O)N[C@@H](C)c2ccccc2)cc1. The number of benzene rings is 2. The van der Waals surface area contributed by atoms with Gasteiger partial charge in [-0.25, -0.2) is 0 Å². The molecule has 0 spiro atoms. The average molecular weight is 366 g/mol. The highest BCUT2D eigenvalue weighted by molar-refractivity contribution is 5.98. The molecule has 2 aromatic rings. The molecule has 0 saturated carbocycles. The van der Waals surface area contributed by atoms with Crippen molar-refractivity contribution in [3.8, 4) is 0 Å². The van der Waals surface area contributed by atoms with Crippen LogP contribution in [0.25, 0.3) is 0 Å². The highest BCUT2D eigenvalue weighted by Gasteiger charge is 2.12. The lowest BCUT2D eigenvalue weighted by atomic mass is 10.0. The van der Waals surface area contributed by atoms with Crippen LogP contribution in [0.1, 0.15) is 91.1 Å². The summed E-state index contributed by atoms with van der Waals surface area (Å²) in [4.78, 5) is 24.7.